The van der Waals surface area contributed by atoms with Crippen molar-refractivity contribution in [3.05, 3.63) is 59.4 Å². The maximum absolute atomic E-state index is 11.4. The van der Waals surface area contributed by atoms with Gasteiger partial charge in [0.05, 0.1) is 11.3 Å². The summed E-state index contributed by atoms with van der Waals surface area (Å²) in [5.41, 5.74) is 1.64. The Morgan fingerprint density at radius 3 is 2.38 bits per heavy atom. The molecule has 120 valence electrons. The van der Waals surface area contributed by atoms with E-state index in [0.717, 1.165) is 5.56 Å². The molecule has 2 aromatic heterocycles. The van der Waals surface area contributed by atoms with Gasteiger partial charge in [-0.15, -0.1) is 10.2 Å². The molecule has 2 N–H and O–H groups in total. The Balaban J connectivity index is 2.05. The average molecular weight is 324 g/mol. The number of hydrogen-bond donors (Lipinski definition) is 2. The topological polar surface area (TPSA) is 117 Å². The van der Waals surface area contributed by atoms with E-state index in [0.29, 0.717) is 11.3 Å². The van der Waals surface area contributed by atoms with Crippen LogP contribution in [0, 0.1) is 6.92 Å². The van der Waals surface area contributed by atoms with Crippen molar-refractivity contribution in [2.75, 3.05) is 0 Å². The van der Waals surface area contributed by atoms with E-state index >= 15 is 0 Å². The van der Waals surface area contributed by atoms with Crippen LogP contribution in [0.25, 0.3) is 5.65 Å². The highest BCUT2D eigenvalue weighted by Gasteiger charge is 2.19. The molecule has 0 bridgehead atoms. The quantitative estimate of drug-likeness (QED) is 0.713. The number of nitrogens with zero attached hydrogens (tertiary/aromatic N) is 4. The SMILES string of the molecule is Cc1cccn2c(N=Nc3ccc(C(=O)O)cc3)c(C(=O)O)nc12. The van der Waals surface area contributed by atoms with Gasteiger partial charge in [0, 0.05) is 6.20 Å². The lowest BCUT2D eigenvalue weighted by atomic mass is 10.2. The average Bonchev–Trinajstić information content (AvgIpc) is 2.93. The third-order valence-corrected chi connectivity index (χ3v) is 3.40. The molecule has 3 rings (SSSR count). The molecule has 1 aromatic carbocycles. The minimum absolute atomic E-state index is 0.100. The van der Waals surface area contributed by atoms with Crippen molar-refractivity contribution in [2.24, 2.45) is 10.2 Å². The third kappa shape index (κ3) is 2.72. The van der Waals surface area contributed by atoms with E-state index in [-0.39, 0.29) is 17.1 Å². The summed E-state index contributed by atoms with van der Waals surface area (Å²) >= 11 is 0. The van der Waals surface area contributed by atoms with Gasteiger partial charge in [0.2, 0.25) is 0 Å². The molecule has 0 aliphatic carbocycles. The summed E-state index contributed by atoms with van der Waals surface area (Å²) in [6.45, 7) is 1.82. The molecule has 0 saturated heterocycles. The molecule has 0 fully saturated rings. The number of carboxylic acids is 2. The first-order valence-corrected chi connectivity index (χ1v) is 6.93. The van der Waals surface area contributed by atoms with Crippen LogP contribution in [0.1, 0.15) is 26.4 Å². The van der Waals surface area contributed by atoms with E-state index in [4.69, 9.17) is 5.11 Å². The van der Waals surface area contributed by atoms with Crippen molar-refractivity contribution in [3.8, 4) is 0 Å². The first-order chi connectivity index (χ1) is 11.5. The first kappa shape index (κ1) is 15.3. The fourth-order valence-corrected chi connectivity index (χ4v) is 2.21. The predicted octanol–water partition coefficient (Wildman–Crippen LogP) is 3.45. The van der Waals surface area contributed by atoms with Gasteiger partial charge in [-0.05, 0) is 42.8 Å². The zero-order valence-electron chi connectivity index (χ0n) is 12.5. The molecule has 0 radical (unpaired) electrons. The van der Waals surface area contributed by atoms with Crippen LogP contribution >= 0.6 is 0 Å². The van der Waals surface area contributed by atoms with E-state index in [9.17, 15) is 14.7 Å². The minimum Gasteiger partial charge on any atom is -0.478 e. The van der Waals surface area contributed by atoms with Gasteiger partial charge in [0.25, 0.3) is 0 Å². The third-order valence-electron chi connectivity index (χ3n) is 3.40. The highest BCUT2D eigenvalue weighted by atomic mass is 16.4. The zero-order valence-corrected chi connectivity index (χ0v) is 12.5. The summed E-state index contributed by atoms with van der Waals surface area (Å²) in [6, 6.07) is 9.35. The number of pyridine rings is 1. The normalized spacial score (nSPS) is 11.2. The van der Waals surface area contributed by atoms with E-state index in [1.165, 1.54) is 24.3 Å². The Labute approximate surface area is 135 Å². The van der Waals surface area contributed by atoms with Gasteiger partial charge in [-0.2, -0.15) is 0 Å². The van der Waals surface area contributed by atoms with Crippen LogP contribution in [-0.4, -0.2) is 31.5 Å². The Bertz CT molecular complexity index is 974. The minimum atomic E-state index is -1.20. The maximum Gasteiger partial charge on any atom is 0.358 e. The standard InChI is InChI=1S/C16H12N4O4/c1-9-3-2-8-20-13(9)17-12(16(23)24)14(20)19-18-11-6-4-10(5-7-11)15(21)22/h2-8H,1H3,(H,21,22)(H,23,24). The number of aromatic nitrogens is 2. The number of aryl methyl sites for hydroxylation is 1. The van der Waals surface area contributed by atoms with Gasteiger partial charge >= 0.3 is 11.9 Å². The van der Waals surface area contributed by atoms with Crippen molar-refractivity contribution < 1.29 is 19.8 Å². The second-order valence-electron chi connectivity index (χ2n) is 5.03. The molecule has 0 saturated carbocycles. The van der Waals surface area contributed by atoms with Crippen LogP contribution in [0.3, 0.4) is 0 Å². The molecule has 0 unspecified atom stereocenters. The number of aromatic carboxylic acids is 2. The van der Waals surface area contributed by atoms with E-state index in [2.05, 4.69) is 15.2 Å². The van der Waals surface area contributed by atoms with Crippen molar-refractivity contribution in [1.82, 2.24) is 9.38 Å². The molecule has 3 aromatic rings. The highest BCUT2D eigenvalue weighted by Crippen LogP contribution is 2.25. The van der Waals surface area contributed by atoms with Crippen LogP contribution in [0.5, 0.6) is 0 Å². The van der Waals surface area contributed by atoms with Gasteiger partial charge in [0.15, 0.2) is 11.5 Å². The number of carboxylic acid groups (broad SMARTS) is 2. The van der Waals surface area contributed by atoms with Crippen LogP contribution in [0.2, 0.25) is 0 Å². The molecule has 0 aliphatic heterocycles. The number of benzene rings is 1. The number of rotatable bonds is 4. The molecule has 0 atom stereocenters. The molecule has 8 nitrogen and oxygen atoms in total. The smallest absolute Gasteiger partial charge is 0.358 e. The van der Waals surface area contributed by atoms with Crippen LogP contribution in [0.4, 0.5) is 11.5 Å². The molecule has 0 amide bonds. The molecule has 0 spiro atoms. The number of carbonyl (C=O) groups is 2. The number of fused-ring (bicyclic) bond motifs is 1. The van der Waals surface area contributed by atoms with Gasteiger partial charge < -0.3 is 10.2 Å². The number of azo groups is 1. The summed E-state index contributed by atoms with van der Waals surface area (Å²) in [5, 5.41) is 26.2. The Hall–Kier alpha value is -3.55. The van der Waals surface area contributed by atoms with Crippen molar-refractivity contribution in [2.45, 2.75) is 6.92 Å². The molecule has 24 heavy (non-hydrogen) atoms. The van der Waals surface area contributed by atoms with Crippen molar-refractivity contribution >= 4 is 29.1 Å². The summed E-state index contributed by atoms with van der Waals surface area (Å²) in [7, 11) is 0. The fourth-order valence-electron chi connectivity index (χ4n) is 2.21. The highest BCUT2D eigenvalue weighted by molar-refractivity contribution is 5.92. The monoisotopic (exact) mass is 324 g/mol. The van der Waals surface area contributed by atoms with E-state index < -0.39 is 11.9 Å². The summed E-state index contributed by atoms with van der Waals surface area (Å²) < 4.78 is 1.55. The lowest BCUT2D eigenvalue weighted by molar-refractivity contribution is 0.0683. The van der Waals surface area contributed by atoms with Gasteiger partial charge in [0.1, 0.15) is 5.65 Å². The van der Waals surface area contributed by atoms with E-state index in [1.807, 2.05) is 13.0 Å². The Morgan fingerprint density at radius 2 is 1.75 bits per heavy atom. The van der Waals surface area contributed by atoms with Gasteiger partial charge in [-0.25, -0.2) is 14.6 Å². The second-order valence-corrected chi connectivity index (χ2v) is 5.03. The Kier molecular flexibility index (Phi) is 3.78. The largest absolute Gasteiger partial charge is 0.478 e. The summed E-state index contributed by atoms with van der Waals surface area (Å²) in [6.07, 6.45) is 1.66. The van der Waals surface area contributed by atoms with Gasteiger partial charge in [-0.3, -0.25) is 4.40 Å². The number of imidazole rings is 1. The molecular formula is C16H12N4O4. The Morgan fingerprint density at radius 1 is 1.04 bits per heavy atom. The number of hydrogen-bond acceptors (Lipinski definition) is 5. The van der Waals surface area contributed by atoms with Crippen molar-refractivity contribution in [3.63, 3.8) is 0 Å². The summed E-state index contributed by atoms with van der Waals surface area (Å²) in [4.78, 5) is 26.3. The van der Waals surface area contributed by atoms with Crippen LogP contribution in [0.15, 0.2) is 52.8 Å². The fraction of sp³-hybridized carbons (Fsp3) is 0.0625. The lowest BCUT2D eigenvalue weighted by Crippen LogP contribution is -1.96. The lowest BCUT2D eigenvalue weighted by Gasteiger charge is -1.98. The van der Waals surface area contributed by atoms with Crippen LogP contribution in [-0.2, 0) is 0 Å². The van der Waals surface area contributed by atoms with Crippen LogP contribution < -0.4 is 0 Å². The zero-order chi connectivity index (χ0) is 17.3. The molecular weight excluding hydrogens is 312 g/mol. The first-order valence-electron chi connectivity index (χ1n) is 6.93. The van der Waals surface area contributed by atoms with Gasteiger partial charge in [-0.1, -0.05) is 6.07 Å². The van der Waals surface area contributed by atoms with Crippen molar-refractivity contribution in [1.29, 1.82) is 0 Å². The molecule has 0 aliphatic rings. The predicted molar refractivity (Wildman–Crippen MR) is 84.5 cm³/mol. The molecule has 8 heteroatoms. The molecule has 2 heterocycles. The van der Waals surface area contributed by atoms with E-state index in [1.54, 1.807) is 16.7 Å². The maximum atomic E-state index is 11.4. The summed E-state index contributed by atoms with van der Waals surface area (Å²) in [5.74, 6) is -2.14. The second kappa shape index (κ2) is 5.92.